The fraction of sp³-hybridized carbons (Fsp3) is 1.00. The molecule has 1 atom stereocenters. The average molecular weight is 93.1 g/mol. The highest BCUT2D eigenvalue weighted by Crippen LogP contribution is 1.84. The highest BCUT2D eigenvalue weighted by Gasteiger charge is 1.90. The first kappa shape index (κ1) is 4.06. The summed E-state index contributed by atoms with van der Waals surface area (Å²) in [6.07, 6.45) is -0.939. The van der Waals surface area contributed by atoms with Crippen LogP contribution in [0.15, 0.2) is 0 Å². The molecule has 0 unspecified atom stereocenters. The molecular formula is C4H9FO. The number of hydrogen-bond acceptors (Lipinski definition) is 1. The number of hydrogen-bond donors (Lipinski definition) is 0. The highest BCUT2D eigenvalue weighted by atomic mass is 19.1. The van der Waals surface area contributed by atoms with Crippen molar-refractivity contribution in [1.29, 1.82) is 0 Å². The Kier molecular flexibility index (Phi) is 2.09. The summed E-state index contributed by atoms with van der Waals surface area (Å²) in [6.45, 7) is 1.44. The van der Waals surface area contributed by atoms with Gasteiger partial charge in [-0.1, -0.05) is 0 Å². The Morgan fingerprint density at radius 2 is 2.83 bits per heavy atom. The van der Waals surface area contributed by atoms with E-state index in [2.05, 4.69) is 4.74 Å². The van der Waals surface area contributed by atoms with Crippen LogP contribution in [0.25, 0.3) is 0 Å². The molecule has 0 saturated carbocycles. The molecule has 0 N–H and O–H groups in total. The van der Waals surface area contributed by atoms with Crippen molar-refractivity contribution in [2.75, 3.05) is 13.7 Å². The number of ether oxygens (including phenoxy) is 1. The Balaban J connectivity index is 2.68. The van der Waals surface area contributed by atoms with E-state index in [9.17, 15) is 4.39 Å². The lowest BCUT2D eigenvalue weighted by molar-refractivity contribution is 0.133. The van der Waals surface area contributed by atoms with Crippen molar-refractivity contribution in [3.63, 3.8) is 0 Å². The zero-order valence-corrected chi connectivity index (χ0v) is 3.78. The molecule has 0 aliphatic heterocycles. The first-order valence-corrected chi connectivity index (χ1v) is 1.78. The maximum atomic E-state index is 11.7. The van der Waals surface area contributed by atoms with Crippen molar-refractivity contribution in [2.45, 2.75) is 13.1 Å². The van der Waals surface area contributed by atoms with Crippen LogP contribution in [0.2, 0.25) is 0 Å². The molecular weight excluding hydrogens is 83.0 g/mol. The van der Waals surface area contributed by atoms with E-state index in [1.165, 1.54) is 6.92 Å². The molecule has 0 aromatic rings. The highest BCUT2D eigenvalue weighted by molar-refractivity contribution is 4.38. The van der Waals surface area contributed by atoms with Crippen LogP contribution < -0.4 is 0 Å². The first-order valence-electron chi connectivity index (χ1n) is 2.49. The van der Waals surface area contributed by atoms with Crippen LogP contribution in [0.4, 0.5) is 4.39 Å². The van der Waals surface area contributed by atoms with Crippen molar-refractivity contribution in [1.82, 2.24) is 0 Å². The molecule has 0 aliphatic rings. The van der Waals surface area contributed by atoms with Crippen molar-refractivity contribution < 1.29 is 10.5 Å². The molecule has 0 fully saturated rings. The van der Waals surface area contributed by atoms with Gasteiger partial charge in [0.05, 0.1) is 7.98 Å². The minimum Gasteiger partial charge on any atom is -0.382 e. The predicted molar refractivity (Wildman–Crippen MR) is 22.4 cm³/mol. The third kappa shape index (κ3) is 3.89. The lowest BCUT2D eigenvalue weighted by atomic mass is 10.5. The Morgan fingerprint density at radius 1 is 2.17 bits per heavy atom. The Hall–Kier alpha value is -0.110. The summed E-state index contributed by atoms with van der Waals surface area (Å²) in [7, 11) is -0.145. The molecule has 0 saturated heterocycles. The monoisotopic (exact) mass is 93.1 g/mol. The number of methoxy groups -OCH3 is 1. The molecule has 0 aliphatic carbocycles. The Morgan fingerprint density at radius 3 is 3.00 bits per heavy atom. The van der Waals surface area contributed by atoms with Gasteiger partial charge in [-0.05, 0) is 6.92 Å². The first-order chi connectivity index (χ1) is 3.27. The zero-order valence-electron chi connectivity index (χ0n) is 4.78. The minimum atomic E-state index is -0.939. The van der Waals surface area contributed by atoms with Gasteiger partial charge in [0.25, 0.3) is 0 Å². The van der Waals surface area contributed by atoms with Gasteiger partial charge in [-0.25, -0.2) is 4.39 Å². The van der Waals surface area contributed by atoms with Gasteiger partial charge in [-0.15, -0.1) is 0 Å². The zero-order chi connectivity index (χ0) is 5.70. The standard InChI is InChI=1S/C4H9FO/c1-4(5)3-6-2/h4H,3H2,1-2H3/t4-/m1/s1/i2D. The Labute approximate surface area is 38.5 Å². The van der Waals surface area contributed by atoms with Crippen LogP contribution in [-0.2, 0) is 4.74 Å². The van der Waals surface area contributed by atoms with Crippen LogP contribution >= 0.6 is 0 Å². The van der Waals surface area contributed by atoms with Gasteiger partial charge in [0.1, 0.15) is 6.17 Å². The fourth-order valence-corrected chi connectivity index (χ4v) is 0.162. The van der Waals surface area contributed by atoms with Crippen molar-refractivity contribution >= 4 is 0 Å². The lowest BCUT2D eigenvalue weighted by Crippen LogP contribution is -2.01. The normalized spacial score (nSPS) is 16.7. The molecule has 0 rings (SSSR count). The van der Waals surface area contributed by atoms with Gasteiger partial charge in [0, 0.05) is 7.09 Å². The van der Waals surface area contributed by atoms with E-state index in [1.807, 2.05) is 0 Å². The molecule has 38 valence electrons. The largest absolute Gasteiger partial charge is 0.382 e. The smallest absolute Gasteiger partial charge is 0.121 e. The topological polar surface area (TPSA) is 9.23 Å². The van der Waals surface area contributed by atoms with Crippen LogP contribution in [0.3, 0.4) is 0 Å². The summed E-state index contributed by atoms with van der Waals surface area (Å²) in [4.78, 5) is 0. The van der Waals surface area contributed by atoms with Crippen LogP contribution in [0.5, 0.6) is 0 Å². The van der Waals surface area contributed by atoms with Gasteiger partial charge < -0.3 is 4.74 Å². The molecule has 0 aromatic heterocycles. The molecule has 0 spiro atoms. The maximum absolute atomic E-state index is 11.7. The van der Waals surface area contributed by atoms with E-state index in [0.29, 0.717) is 0 Å². The molecule has 6 heavy (non-hydrogen) atoms. The van der Waals surface area contributed by atoms with Crippen LogP contribution in [0.1, 0.15) is 8.29 Å². The van der Waals surface area contributed by atoms with E-state index >= 15 is 0 Å². The second-order valence-electron chi connectivity index (χ2n) is 1.15. The van der Waals surface area contributed by atoms with Crippen molar-refractivity contribution in [3.8, 4) is 0 Å². The second-order valence-corrected chi connectivity index (χ2v) is 1.15. The third-order valence-corrected chi connectivity index (χ3v) is 0.348. The van der Waals surface area contributed by atoms with E-state index in [-0.39, 0.29) is 13.7 Å². The van der Waals surface area contributed by atoms with Gasteiger partial charge >= 0.3 is 0 Å². The molecule has 0 amide bonds. The molecule has 0 bridgehead atoms. The minimum absolute atomic E-state index is 0.0451. The van der Waals surface area contributed by atoms with Gasteiger partial charge in [0.15, 0.2) is 0 Å². The average Bonchev–Trinajstić information content (AvgIpc) is 1.61. The SMILES string of the molecule is [2H]COC[C@@H](C)F. The second kappa shape index (κ2) is 3.09. The molecule has 2 heteroatoms. The lowest BCUT2D eigenvalue weighted by Gasteiger charge is -1.94. The van der Waals surface area contributed by atoms with E-state index in [4.69, 9.17) is 1.37 Å². The molecule has 1 nitrogen and oxygen atoms in total. The molecule has 0 aromatic carbocycles. The summed E-state index contributed by atoms with van der Waals surface area (Å²) in [5.41, 5.74) is 0. The summed E-state index contributed by atoms with van der Waals surface area (Å²) in [5.74, 6) is 0. The van der Waals surface area contributed by atoms with Crippen LogP contribution in [0, 0.1) is 0 Å². The summed E-state index contributed by atoms with van der Waals surface area (Å²) >= 11 is 0. The summed E-state index contributed by atoms with van der Waals surface area (Å²) in [6, 6.07) is 0. The number of rotatable bonds is 2. The molecule has 0 radical (unpaired) electrons. The molecule has 0 heterocycles. The maximum Gasteiger partial charge on any atom is 0.121 e. The quantitative estimate of drug-likeness (QED) is 0.494. The Bertz CT molecular complexity index is 40.7. The van der Waals surface area contributed by atoms with Gasteiger partial charge in [0.2, 0.25) is 0 Å². The van der Waals surface area contributed by atoms with Crippen LogP contribution in [-0.4, -0.2) is 19.9 Å². The van der Waals surface area contributed by atoms with Crippen molar-refractivity contribution in [3.05, 3.63) is 0 Å². The van der Waals surface area contributed by atoms with E-state index in [1.54, 1.807) is 0 Å². The number of halogens is 1. The van der Waals surface area contributed by atoms with Gasteiger partial charge in [-0.3, -0.25) is 0 Å². The van der Waals surface area contributed by atoms with Crippen molar-refractivity contribution in [2.24, 2.45) is 0 Å². The fourth-order valence-electron chi connectivity index (χ4n) is 0.162. The van der Waals surface area contributed by atoms with E-state index < -0.39 is 6.17 Å². The number of alkyl halides is 1. The predicted octanol–water partition coefficient (Wildman–Crippen LogP) is 0.991. The van der Waals surface area contributed by atoms with E-state index in [0.717, 1.165) is 0 Å². The third-order valence-electron chi connectivity index (χ3n) is 0.348. The van der Waals surface area contributed by atoms with Gasteiger partial charge in [-0.2, -0.15) is 0 Å². The summed E-state index contributed by atoms with van der Waals surface area (Å²) < 4.78 is 22.5. The summed E-state index contributed by atoms with van der Waals surface area (Å²) in [5, 5.41) is 0.